The number of carboxylic acids is 1. The lowest BCUT2D eigenvalue weighted by Gasteiger charge is -2.44. The molecule has 0 bridgehead atoms. The van der Waals surface area contributed by atoms with Gasteiger partial charge in [0.05, 0.1) is 18.7 Å². The normalized spacial score (nSPS) is 23.8. The molecule has 1 rings (SSSR count). The van der Waals surface area contributed by atoms with Gasteiger partial charge in [-0.1, -0.05) is 0 Å². The lowest BCUT2D eigenvalue weighted by molar-refractivity contribution is -0.147. The first-order valence-corrected chi connectivity index (χ1v) is 8.80. The summed E-state index contributed by atoms with van der Waals surface area (Å²) in [6.45, 7) is 1.06. The van der Waals surface area contributed by atoms with E-state index in [1.165, 1.54) is 17.9 Å². The summed E-state index contributed by atoms with van der Waals surface area (Å²) >= 11 is 0. The van der Waals surface area contributed by atoms with Crippen molar-refractivity contribution in [3.8, 4) is 0 Å². The lowest BCUT2D eigenvalue weighted by atomic mass is 9.91. The summed E-state index contributed by atoms with van der Waals surface area (Å²) in [6.07, 6.45) is -2.42. The van der Waals surface area contributed by atoms with E-state index < -0.39 is 54.6 Å². The molecule has 0 aliphatic carbocycles. The maximum atomic E-state index is 11.7. The van der Waals surface area contributed by atoms with E-state index >= 15 is 0 Å². The summed E-state index contributed by atoms with van der Waals surface area (Å²) < 4.78 is 5.30. The predicted octanol–water partition coefficient (Wildman–Crippen LogP) is -3.12. The number of aliphatic carboxylic acids is 1. The van der Waals surface area contributed by atoms with Gasteiger partial charge in [0.25, 0.3) is 0 Å². The number of unbranched alkanes of at least 4 members (excludes halogenated alkanes) is 1. The standard InChI is InChI=1S/C16H29N5O7/c1-8(23)20-12-9(21(16(18)19)5-3-2-4-17)6-11(15(26)27)28-14(12)13(25)10(24)7-22/h6,9-10,12-14,22,24-25H,2-5,7,17H2,1H3,(H3,18,19)(H,20,23)(H,26,27)/t9-,10+,12+,13+,14?/m0/s1. The van der Waals surface area contributed by atoms with Crippen LogP contribution in [-0.2, 0) is 14.3 Å². The summed E-state index contributed by atoms with van der Waals surface area (Å²) in [5, 5.41) is 49.1. The van der Waals surface area contributed by atoms with Crippen LogP contribution in [0.5, 0.6) is 0 Å². The summed E-state index contributed by atoms with van der Waals surface area (Å²) in [5.41, 5.74) is 11.1. The van der Waals surface area contributed by atoms with Crippen molar-refractivity contribution in [1.82, 2.24) is 10.2 Å². The molecule has 0 aromatic heterocycles. The number of rotatable bonds is 10. The zero-order valence-electron chi connectivity index (χ0n) is 15.6. The second-order valence-corrected chi connectivity index (χ2v) is 6.45. The van der Waals surface area contributed by atoms with E-state index in [9.17, 15) is 24.9 Å². The van der Waals surface area contributed by atoms with E-state index in [1.807, 2.05) is 0 Å². The van der Waals surface area contributed by atoms with Gasteiger partial charge in [0.2, 0.25) is 11.7 Å². The molecule has 1 aliphatic heterocycles. The van der Waals surface area contributed by atoms with Crippen LogP contribution >= 0.6 is 0 Å². The molecule has 0 saturated carbocycles. The minimum Gasteiger partial charge on any atom is -0.478 e. The quantitative estimate of drug-likeness (QED) is 0.104. The van der Waals surface area contributed by atoms with Gasteiger partial charge in [-0.2, -0.15) is 0 Å². The highest BCUT2D eigenvalue weighted by molar-refractivity contribution is 5.85. The number of carboxylic acid groups (broad SMARTS) is 1. The van der Waals surface area contributed by atoms with Gasteiger partial charge in [0, 0.05) is 13.5 Å². The molecule has 12 heteroatoms. The van der Waals surface area contributed by atoms with E-state index in [1.54, 1.807) is 0 Å². The fourth-order valence-electron chi connectivity index (χ4n) is 2.99. The Hall–Kier alpha value is -2.41. The number of carbonyl (C=O) groups is 2. The molecule has 12 nitrogen and oxygen atoms in total. The zero-order chi connectivity index (χ0) is 21.4. The number of nitrogens with zero attached hydrogens (tertiary/aromatic N) is 1. The Balaban J connectivity index is 3.37. The van der Waals surface area contributed by atoms with Crippen LogP contribution in [0.1, 0.15) is 19.8 Å². The molecular formula is C16H29N5O7. The van der Waals surface area contributed by atoms with Crippen molar-refractivity contribution >= 4 is 17.8 Å². The molecule has 0 aromatic rings. The summed E-state index contributed by atoms with van der Waals surface area (Å²) in [6, 6.07) is -2.01. The van der Waals surface area contributed by atoms with Crippen molar-refractivity contribution in [3.05, 3.63) is 11.8 Å². The van der Waals surface area contributed by atoms with Crippen LogP contribution in [-0.4, -0.2) is 93.3 Å². The number of guanidine groups is 1. The summed E-state index contributed by atoms with van der Waals surface area (Å²) in [4.78, 5) is 24.6. The fourth-order valence-corrected chi connectivity index (χ4v) is 2.99. The Kier molecular flexibility index (Phi) is 9.12. The predicted molar refractivity (Wildman–Crippen MR) is 98.0 cm³/mol. The summed E-state index contributed by atoms with van der Waals surface area (Å²) in [5.74, 6) is -2.86. The van der Waals surface area contributed by atoms with Crippen LogP contribution < -0.4 is 16.8 Å². The van der Waals surface area contributed by atoms with Gasteiger partial charge in [-0.15, -0.1) is 0 Å². The van der Waals surface area contributed by atoms with Crippen LogP contribution in [0, 0.1) is 5.41 Å². The first-order chi connectivity index (χ1) is 13.1. The second-order valence-electron chi connectivity index (χ2n) is 6.45. The molecule has 160 valence electrons. The molecule has 0 radical (unpaired) electrons. The van der Waals surface area contributed by atoms with Gasteiger partial charge < -0.3 is 46.8 Å². The Morgan fingerprint density at radius 2 is 2.04 bits per heavy atom. The van der Waals surface area contributed by atoms with E-state index in [2.05, 4.69) is 5.32 Å². The van der Waals surface area contributed by atoms with E-state index in [4.69, 9.17) is 26.7 Å². The first kappa shape index (κ1) is 23.6. The number of hydrogen-bond donors (Lipinski definition) is 8. The molecule has 0 spiro atoms. The second kappa shape index (κ2) is 10.8. The number of carbonyl (C=O) groups excluding carboxylic acids is 1. The zero-order valence-corrected chi connectivity index (χ0v) is 15.6. The average Bonchev–Trinajstić information content (AvgIpc) is 2.63. The van der Waals surface area contributed by atoms with Gasteiger partial charge in [0.1, 0.15) is 18.3 Å². The van der Waals surface area contributed by atoms with Crippen molar-refractivity contribution in [2.24, 2.45) is 11.5 Å². The Labute approximate surface area is 162 Å². The molecule has 10 N–H and O–H groups in total. The van der Waals surface area contributed by atoms with Crippen molar-refractivity contribution in [2.45, 2.75) is 50.2 Å². The van der Waals surface area contributed by atoms with Gasteiger partial charge >= 0.3 is 5.97 Å². The summed E-state index contributed by atoms with van der Waals surface area (Å²) in [7, 11) is 0. The molecule has 1 amide bonds. The Morgan fingerprint density at radius 1 is 1.39 bits per heavy atom. The Morgan fingerprint density at radius 3 is 2.50 bits per heavy atom. The third-order valence-corrected chi connectivity index (χ3v) is 4.33. The van der Waals surface area contributed by atoms with E-state index in [0.29, 0.717) is 19.4 Å². The maximum absolute atomic E-state index is 11.7. The van der Waals surface area contributed by atoms with Gasteiger partial charge in [-0.25, -0.2) is 4.79 Å². The largest absolute Gasteiger partial charge is 0.478 e. The molecule has 1 heterocycles. The van der Waals surface area contributed by atoms with Crippen LogP contribution in [0.15, 0.2) is 11.8 Å². The highest BCUT2D eigenvalue weighted by Gasteiger charge is 2.45. The number of nitrogens with one attached hydrogen (secondary N) is 2. The van der Waals surface area contributed by atoms with Crippen molar-refractivity contribution < 1.29 is 34.8 Å². The monoisotopic (exact) mass is 403 g/mol. The van der Waals surface area contributed by atoms with Crippen LogP contribution in [0.25, 0.3) is 0 Å². The number of ether oxygens (including phenoxy) is 1. The molecule has 0 aromatic carbocycles. The minimum absolute atomic E-state index is 0.238. The SMILES string of the molecule is CC(=O)N[C@H]1C([C@H](O)[C@H](O)CO)OC(C(=O)O)=C[C@@H]1N(CCCCN)C(=N)N. The average molecular weight is 403 g/mol. The first-order valence-electron chi connectivity index (χ1n) is 8.80. The maximum Gasteiger partial charge on any atom is 0.370 e. The van der Waals surface area contributed by atoms with Gasteiger partial charge in [-0.05, 0) is 25.5 Å². The Bertz CT molecular complexity index is 600. The minimum atomic E-state index is -1.72. The number of nitrogens with two attached hydrogens (primary N) is 2. The smallest absolute Gasteiger partial charge is 0.370 e. The third kappa shape index (κ3) is 6.05. The molecule has 1 aliphatic rings. The molecule has 28 heavy (non-hydrogen) atoms. The number of amides is 1. The fraction of sp³-hybridized carbons (Fsp3) is 0.688. The van der Waals surface area contributed by atoms with Crippen LogP contribution in [0.3, 0.4) is 0 Å². The molecule has 0 fully saturated rings. The molecular weight excluding hydrogens is 374 g/mol. The number of hydrogen-bond acceptors (Lipinski definition) is 8. The highest BCUT2D eigenvalue weighted by Crippen LogP contribution is 2.26. The van der Waals surface area contributed by atoms with Crippen LogP contribution in [0.2, 0.25) is 0 Å². The van der Waals surface area contributed by atoms with Crippen molar-refractivity contribution in [3.63, 3.8) is 0 Å². The van der Waals surface area contributed by atoms with Gasteiger partial charge in [0.15, 0.2) is 5.96 Å². The molecule has 1 unspecified atom stereocenters. The number of aliphatic hydroxyl groups is 3. The molecule has 5 atom stereocenters. The molecule has 0 saturated heterocycles. The van der Waals surface area contributed by atoms with E-state index in [-0.39, 0.29) is 12.5 Å². The van der Waals surface area contributed by atoms with Gasteiger partial charge in [-0.3, -0.25) is 10.2 Å². The lowest BCUT2D eigenvalue weighted by Crippen LogP contribution is -2.65. The highest BCUT2D eigenvalue weighted by atomic mass is 16.5. The van der Waals surface area contributed by atoms with E-state index in [0.717, 1.165) is 0 Å². The van der Waals surface area contributed by atoms with Crippen LogP contribution in [0.4, 0.5) is 0 Å². The topological polar surface area (TPSA) is 215 Å². The number of aliphatic hydroxyl groups excluding tert-OH is 3. The third-order valence-electron chi connectivity index (χ3n) is 4.33. The van der Waals surface area contributed by atoms with Crippen molar-refractivity contribution in [2.75, 3.05) is 19.7 Å². The van der Waals surface area contributed by atoms with Crippen molar-refractivity contribution in [1.29, 1.82) is 5.41 Å².